The maximum Gasteiger partial charge on any atom is 0.159 e. The Balaban J connectivity index is 1.55. The monoisotopic (exact) mass is 336 g/mol. The third-order valence-corrected chi connectivity index (χ3v) is 7.63. The first kappa shape index (κ1) is 17.3. The van der Waals surface area contributed by atoms with Crippen LogP contribution in [0.25, 0.3) is 0 Å². The second kappa shape index (κ2) is 6.86. The molecule has 0 aromatic rings. The lowest BCUT2D eigenvalue weighted by Crippen LogP contribution is -2.68. The predicted molar refractivity (Wildman–Crippen MR) is 95.8 cm³/mol. The van der Waals surface area contributed by atoms with E-state index in [0.29, 0.717) is 17.4 Å². The molecular weight excluding hydrogens is 300 g/mol. The second-order valence-electron chi connectivity index (χ2n) is 8.85. The number of piperidine rings is 2. The topological polar surface area (TPSA) is 35.9 Å². The van der Waals surface area contributed by atoms with Crippen molar-refractivity contribution >= 4 is 0 Å². The van der Waals surface area contributed by atoms with Gasteiger partial charge in [0.2, 0.25) is 0 Å². The second-order valence-corrected chi connectivity index (χ2v) is 8.85. The molecule has 0 aromatic carbocycles. The van der Waals surface area contributed by atoms with Crippen molar-refractivity contribution < 1.29 is 9.84 Å². The fraction of sp³-hybridized carbons (Fsp3) is 1.00. The minimum atomic E-state index is -0.556. The van der Waals surface area contributed by atoms with Crippen molar-refractivity contribution in [2.45, 2.75) is 77.2 Å². The highest BCUT2D eigenvalue weighted by molar-refractivity contribution is 5.09. The number of fused-ring (bicyclic) bond motifs is 2. The van der Waals surface area contributed by atoms with E-state index in [4.69, 9.17) is 4.74 Å². The van der Waals surface area contributed by atoms with Crippen molar-refractivity contribution in [3.8, 4) is 0 Å². The molecule has 3 saturated heterocycles. The molecule has 4 rings (SSSR count). The number of aliphatic hydroxyl groups excluding tert-OH is 1. The van der Waals surface area contributed by atoms with Gasteiger partial charge in [0, 0.05) is 36.4 Å². The lowest BCUT2D eigenvalue weighted by atomic mass is 9.56. The Kier molecular flexibility index (Phi) is 4.94. The van der Waals surface area contributed by atoms with E-state index < -0.39 is 6.29 Å². The Morgan fingerprint density at radius 1 is 1.17 bits per heavy atom. The molecule has 6 atom stereocenters. The summed E-state index contributed by atoms with van der Waals surface area (Å²) in [6, 6.07) is 0.726. The number of rotatable bonds is 4. The molecule has 1 saturated carbocycles. The third kappa shape index (κ3) is 2.84. The molecule has 138 valence electrons. The summed E-state index contributed by atoms with van der Waals surface area (Å²) in [5.74, 6) is 0.943. The summed E-state index contributed by atoms with van der Waals surface area (Å²) in [7, 11) is 0. The zero-order chi connectivity index (χ0) is 16.7. The Labute approximate surface area is 147 Å². The lowest BCUT2D eigenvalue weighted by molar-refractivity contribution is -0.291. The van der Waals surface area contributed by atoms with Crippen LogP contribution in [0, 0.1) is 17.3 Å². The van der Waals surface area contributed by atoms with Gasteiger partial charge in [-0.25, -0.2) is 0 Å². The largest absolute Gasteiger partial charge is 0.368 e. The Hall–Kier alpha value is -0.160. The van der Waals surface area contributed by atoms with Gasteiger partial charge in [-0.3, -0.25) is 4.90 Å². The standard InChI is InChI=1S/C20H36N2O2/c1-3-21(4-2)13-15-12-20-10-7-8-16(18(20)24-19(15)23)17-9-5-6-11-22(17)14-20/h15-19,23H,3-14H2,1-2H3/t15?,16-,17-,18+,19+,20+/m1/s1. The van der Waals surface area contributed by atoms with Crippen LogP contribution in [-0.2, 0) is 4.74 Å². The van der Waals surface area contributed by atoms with E-state index in [2.05, 4.69) is 23.6 Å². The molecule has 1 aliphatic carbocycles. The summed E-state index contributed by atoms with van der Waals surface area (Å²) < 4.78 is 6.40. The average Bonchev–Trinajstić information content (AvgIpc) is 2.59. The summed E-state index contributed by atoms with van der Waals surface area (Å²) in [5, 5.41) is 10.7. The van der Waals surface area contributed by atoms with Crippen molar-refractivity contribution in [1.29, 1.82) is 0 Å². The fourth-order valence-corrected chi connectivity index (χ4v) is 6.48. The normalized spacial score (nSPS) is 45.8. The number of aliphatic hydroxyl groups is 1. The fourth-order valence-electron chi connectivity index (χ4n) is 6.48. The molecule has 1 unspecified atom stereocenters. The lowest BCUT2D eigenvalue weighted by Gasteiger charge is -2.63. The van der Waals surface area contributed by atoms with Crippen molar-refractivity contribution in [2.24, 2.45) is 17.3 Å². The average molecular weight is 337 g/mol. The van der Waals surface area contributed by atoms with Crippen LogP contribution < -0.4 is 0 Å². The molecule has 24 heavy (non-hydrogen) atoms. The Morgan fingerprint density at radius 2 is 2.00 bits per heavy atom. The highest BCUT2D eigenvalue weighted by Gasteiger charge is 2.59. The highest BCUT2D eigenvalue weighted by Crippen LogP contribution is 2.55. The summed E-state index contributed by atoms with van der Waals surface area (Å²) in [6.07, 6.45) is 8.99. The van der Waals surface area contributed by atoms with Gasteiger partial charge in [0.05, 0.1) is 6.10 Å². The molecule has 0 amide bonds. The maximum absolute atomic E-state index is 10.7. The van der Waals surface area contributed by atoms with Crippen LogP contribution in [-0.4, -0.2) is 66.1 Å². The van der Waals surface area contributed by atoms with Crippen molar-refractivity contribution in [2.75, 3.05) is 32.7 Å². The number of ether oxygens (including phenoxy) is 1. The van der Waals surface area contributed by atoms with E-state index in [1.165, 1.54) is 51.6 Å². The van der Waals surface area contributed by atoms with Crippen LogP contribution in [0.5, 0.6) is 0 Å². The maximum atomic E-state index is 10.7. The number of hydrogen-bond acceptors (Lipinski definition) is 4. The molecule has 3 aliphatic heterocycles. The van der Waals surface area contributed by atoms with Crippen molar-refractivity contribution in [1.82, 2.24) is 9.80 Å². The first-order chi connectivity index (χ1) is 11.7. The molecule has 4 fully saturated rings. The third-order valence-electron chi connectivity index (χ3n) is 7.63. The summed E-state index contributed by atoms with van der Waals surface area (Å²) in [6.45, 7) is 10.1. The van der Waals surface area contributed by atoms with Crippen LogP contribution in [0.3, 0.4) is 0 Å². The van der Waals surface area contributed by atoms with Gasteiger partial charge in [-0.05, 0) is 51.7 Å². The molecule has 1 N–H and O–H groups in total. The SMILES string of the molecule is CCN(CC)CC1C[C@@]23CCC[C@H]([C@H]4CCCCN4C2)[C@@H]3O[C@@H]1O. The van der Waals surface area contributed by atoms with Crippen molar-refractivity contribution in [3.05, 3.63) is 0 Å². The summed E-state index contributed by atoms with van der Waals surface area (Å²) in [5.41, 5.74) is 0.313. The van der Waals surface area contributed by atoms with Crippen LogP contribution in [0.1, 0.15) is 58.8 Å². The van der Waals surface area contributed by atoms with E-state index in [0.717, 1.165) is 32.1 Å². The molecule has 0 spiro atoms. The quantitative estimate of drug-likeness (QED) is 0.856. The zero-order valence-electron chi connectivity index (χ0n) is 15.6. The van der Waals surface area contributed by atoms with Crippen LogP contribution in [0.4, 0.5) is 0 Å². The predicted octanol–water partition coefficient (Wildman–Crippen LogP) is 2.71. The van der Waals surface area contributed by atoms with E-state index in [9.17, 15) is 5.11 Å². The molecule has 3 heterocycles. The van der Waals surface area contributed by atoms with Crippen molar-refractivity contribution in [3.63, 3.8) is 0 Å². The summed E-state index contributed by atoms with van der Waals surface area (Å²) in [4.78, 5) is 5.25. The van der Waals surface area contributed by atoms with E-state index in [-0.39, 0.29) is 5.92 Å². The molecule has 2 bridgehead atoms. The molecule has 0 radical (unpaired) electrons. The Bertz CT molecular complexity index is 441. The van der Waals surface area contributed by atoms with E-state index in [1.54, 1.807) is 0 Å². The minimum Gasteiger partial charge on any atom is -0.368 e. The van der Waals surface area contributed by atoms with E-state index >= 15 is 0 Å². The van der Waals surface area contributed by atoms with Crippen LogP contribution in [0.2, 0.25) is 0 Å². The van der Waals surface area contributed by atoms with Gasteiger partial charge in [0.15, 0.2) is 6.29 Å². The molecule has 0 aromatic heterocycles. The molecule has 4 heteroatoms. The highest BCUT2D eigenvalue weighted by atomic mass is 16.6. The smallest absolute Gasteiger partial charge is 0.159 e. The minimum absolute atomic E-state index is 0.279. The van der Waals surface area contributed by atoms with Crippen LogP contribution >= 0.6 is 0 Å². The molecular formula is C20H36N2O2. The van der Waals surface area contributed by atoms with Gasteiger partial charge < -0.3 is 14.7 Å². The molecule has 4 nitrogen and oxygen atoms in total. The Morgan fingerprint density at radius 3 is 2.79 bits per heavy atom. The van der Waals surface area contributed by atoms with Gasteiger partial charge in [-0.1, -0.05) is 26.7 Å². The van der Waals surface area contributed by atoms with E-state index in [1.807, 2.05) is 0 Å². The van der Waals surface area contributed by atoms with Crippen LogP contribution in [0.15, 0.2) is 0 Å². The first-order valence-corrected chi connectivity index (χ1v) is 10.5. The first-order valence-electron chi connectivity index (χ1n) is 10.5. The van der Waals surface area contributed by atoms with Gasteiger partial charge in [-0.15, -0.1) is 0 Å². The van der Waals surface area contributed by atoms with Gasteiger partial charge in [0.25, 0.3) is 0 Å². The van der Waals surface area contributed by atoms with Gasteiger partial charge in [-0.2, -0.15) is 0 Å². The van der Waals surface area contributed by atoms with Gasteiger partial charge >= 0.3 is 0 Å². The zero-order valence-corrected chi connectivity index (χ0v) is 15.6. The number of nitrogens with zero attached hydrogens (tertiary/aromatic N) is 2. The number of hydrogen-bond donors (Lipinski definition) is 1. The molecule has 4 aliphatic rings. The van der Waals surface area contributed by atoms with Gasteiger partial charge in [0.1, 0.15) is 0 Å². The summed E-state index contributed by atoms with van der Waals surface area (Å²) >= 11 is 0.